The van der Waals surface area contributed by atoms with Crippen molar-refractivity contribution in [3.05, 3.63) is 28.2 Å². The quantitative estimate of drug-likeness (QED) is 0.835. The highest BCUT2D eigenvalue weighted by Crippen LogP contribution is 2.39. The van der Waals surface area contributed by atoms with E-state index in [1.54, 1.807) is 12.1 Å². The maximum atomic E-state index is 12.2. The van der Waals surface area contributed by atoms with E-state index >= 15 is 0 Å². The lowest BCUT2D eigenvalue weighted by atomic mass is 9.98. The number of hydrogen-bond acceptors (Lipinski definition) is 2. The molecule has 1 aliphatic carbocycles. The van der Waals surface area contributed by atoms with Crippen LogP contribution in [0.5, 0.6) is 5.75 Å². The molecule has 0 amide bonds. The molecule has 1 saturated carbocycles. The standard InChI is InChI=1S/C14H17BrF3NO/c1-13(2,10-4-5-10)19-8-9-3-6-12(11(15)7-9)20-14(16,17)18/h3,6-7,10,19H,4-5,8H2,1-2H3. The zero-order valence-corrected chi connectivity index (χ0v) is 12.9. The van der Waals surface area contributed by atoms with Crippen LogP contribution in [0.1, 0.15) is 32.3 Å². The summed E-state index contributed by atoms with van der Waals surface area (Å²) >= 11 is 3.11. The smallest absolute Gasteiger partial charge is 0.405 e. The van der Waals surface area contributed by atoms with E-state index in [4.69, 9.17) is 0 Å². The minimum Gasteiger partial charge on any atom is -0.405 e. The van der Waals surface area contributed by atoms with E-state index in [0.717, 1.165) is 5.56 Å². The van der Waals surface area contributed by atoms with Crippen LogP contribution in [0.2, 0.25) is 0 Å². The van der Waals surface area contributed by atoms with Gasteiger partial charge in [-0.25, -0.2) is 0 Å². The maximum absolute atomic E-state index is 12.2. The molecule has 0 saturated heterocycles. The molecule has 0 radical (unpaired) electrons. The Morgan fingerprint density at radius 3 is 2.45 bits per heavy atom. The van der Waals surface area contributed by atoms with Crippen LogP contribution in [0, 0.1) is 5.92 Å². The third-order valence-corrected chi connectivity index (χ3v) is 4.19. The lowest BCUT2D eigenvalue weighted by Gasteiger charge is -2.26. The third kappa shape index (κ3) is 4.38. The van der Waals surface area contributed by atoms with Gasteiger partial charge in [-0.3, -0.25) is 0 Å². The van der Waals surface area contributed by atoms with E-state index in [1.165, 1.54) is 18.9 Å². The fraction of sp³-hybridized carbons (Fsp3) is 0.571. The molecule has 1 aliphatic rings. The summed E-state index contributed by atoms with van der Waals surface area (Å²) in [5.41, 5.74) is 0.980. The molecule has 112 valence electrons. The van der Waals surface area contributed by atoms with Gasteiger partial charge in [0.15, 0.2) is 0 Å². The van der Waals surface area contributed by atoms with Gasteiger partial charge in [0.2, 0.25) is 0 Å². The average Bonchev–Trinajstić information content (AvgIpc) is 3.12. The van der Waals surface area contributed by atoms with Gasteiger partial charge in [0.1, 0.15) is 5.75 Å². The van der Waals surface area contributed by atoms with Gasteiger partial charge in [-0.05, 0) is 66.2 Å². The fourth-order valence-corrected chi connectivity index (χ4v) is 2.65. The Kier molecular flexibility index (Phi) is 4.35. The Morgan fingerprint density at radius 2 is 1.95 bits per heavy atom. The Hall–Kier alpha value is -0.750. The lowest BCUT2D eigenvalue weighted by molar-refractivity contribution is -0.274. The van der Waals surface area contributed by atoms with E-state index in [1.807, 2.05) is 0 Å². The van der Waals surface area contributed by atoms with Crippen LogP contribution < -0.4 is 10.1 Å². The minimum atomic E-state index is -4.67. The second-order valence-electron chi connectivity index (χ2n) is 5.66. The van der Waals surface area contributed by atoms with Crippen LogP contribution in [0.3, 0.4) is 0 Å². The monoisotopic (exact) mass is 351 g/mol. The summed E-state index contributed by atoms with van der Waals surface area (Å²) < 4.78 is 40.7. The van der Waals surface area contributed by atoms with Crippen molar-refractivity contribution in [2.45, 2.75) is 45.1 Å². The normalized spacial score (nSPS) is 16.3. The topological polar surface area (TPSA) is 21.3 Å². The maximum Gasteiger partial charge on any atom is 0.573 e. The summed E-state index contributed by atoms with van der Waals surface area (Å²) in [5, 5.41) is 3.45. The van der Waals surface area contributed by atoms with Gasteiger partial charge in [-0.15, -0.1) is 13.2 Å². The number of benzene rings is 1. The van der Waals surface area contributed by atoms with E-state index in [2.05, 4.69) is 39.8 Å². The highest BCUT2D eigenvalue weighted by atomic mass is 79.9. The Morgan fingerprint density at radius 1 is 1.30 bits per heavy atom. The zero-order chi connectivity index (χ0) is 15.0. The molecular weight excluding hydrogens is 335 g/mol. The molecule has 2 nitrogen and oxygen atoms in total. The number of ether oxygens (including phenoxy) is 1. The predicted molar refractivity (Wildman–Crippen MR) is 74.5 cm³/mol. The van der Waals surface area contributed by atoms with Crippen molar-refractivity contribution in [2.75, 3.05) is 0 Å². The number of alkyl halides is 3. The second kappa shape index (κ2) is 5.56. The summed E-state index contributed by atoms with van der Waals surface area (Å²) in [5.74, 6) is 0.474. The molecule has 0 bridgehead atoms. The van der Waals surface area contributed by atoms with Gasteiger partial charge in [0, 0.05) is 12.1 Å². The van der Waals surface area contributed by atoms with E-state index in [0.29, 0.717) is 16.9 Å². The van der Waals surface area contributed by atoms with Crippen molar-refractivity contribution >= 4 is 15.9 Å². The van der Waals surface area contributed by atoms with Crippen LogP contribution in [0.15, 0.2) is 22.7 Å². The van der Waals surface area contributed by atoms with Gasteiger partial charge >= 0.3 is 6.36 Å². The number of rotatable bonds is 5. The van der Waals surface area contributed by atoms with E-state index in [9.17, 15) is 13.2 Å². The van der Waals surface area contributed by atoms with Crippen LogP contribution in [0.25, 0.3) is 0 Å². The summed E-state index contributed by atoms with van der Waals surface area (Å²) in [4.78, 5) is 0. The molecule has 1 aromatic carbocycles. The SMILES string of the molecule is CC(C)(NCc1ccc(OC(F)(F)F)c(Br)c1)C1CC1. The predicted octanol–water partition coefficient (Wildman–Crippen LogP) is 4.63. The van der Waals surface area contributed by atoms with Crippen LogP contribution >= 0.6 is 15.9 Å². The van der Waals surface area contributed by atoms with Crippen LogP contribution in [-0.2, 0) is 6.54 Å². The number of halogens is 4. The van der Waals surface area contributed by atoms with Crippen molar-refractivity contribution in [3.8, 4) is 5.75 Å². The van der Waals surface area contributed by atoms with Crippen LogP contribution in [0.4, 0.5) is 13.2 Å². The summed E-state index contributed by atoms with van der Waals surface area (Å²) in [6.07, 6.45) is -2.19. The van der Waals surface area contributed by atoms with Crippen molar-refractivity contribution in [1.29, 1.82) is 0 Å². The number of nitrogens with one attached hydrogen (secondary N) is 1. The Labute approximate surface area is 124 Å². The molecule has 0 aliphatic heterocycles. The van der Waals surface area contributed by atoms with E-state index < -0.39 is 6.36 Å². The molecule has 0 heterocycles. The molecule has 0 unspecified atom stereocenters. The van der Waals surface area contributed by atoms with Gasteiger partial charge in [0.25, 0.3) is 0 Å². The molecule has 6 heteroatoms. The summed E-state index contributed by atoms with van der Waals surface area (Å²) in [6.45, 7) is 4.93. The van der Waals surface area contributed by atoms with Gasteiger partial charge in [-0.1, -0.05) is 6.07 Å². The first-order valence-corrected chi connectivity index (χ1v) is 7.26. The minimum absolute atomic E-state index is 0.0631. The molecule has 0 atom stereocenters. The molecule has 2 rings (SSSR count). The first-order valence-electron chi connectivity index (χ1n) is 6.46. The second-order valence-corrected chi connectivity index (χ2v) is 6.52. The summed E-state index contributed by atoms with van der Waals surface area (Å²) in [6, 6.07) is 4.62. The molecule has 1 fully saturated rings. The van der Waals surface area contributed by atoms with Crippen molar-refractivity contribution in [3.63, 3.8) is 0 Å². The molecule has 20 heavy (non-hydrogen) atoms. The highest BCUT2D eigenvalue weighted by molar-refractivity contribution is 9.10. The van der Waals surface area contributed by atoms with Crippen LogP contribution in [-0.4, -0.2) is 11.9 Å². The molecule has 0 spiro atoms. The van der Waals surface area contributed by atoms with Gasteiger partial charge < -0.3 is 10.1 Å². The molecule has 1 aromatic rings. The first kappa shape index (κ1) is 15.6. The third-order valence-electron chi connectivity index (χ3n) is 3.57. The molecule has 1 N–H and O–H groups in total. The fourth-order valence-electron chi connectivity index (χ4n) is 2.14. The Balaban J connectivity index is 1.98. The average molecular weight is 352 g/mol. The molecular formula is C14H17BrF3NO. The summed E-state index contributed by atoms with van der Waals surface area (Å²) in [7, 11) is 0. The van der Waals surface area contributed by atoms with Gasteiger partial charge in [-0.2, -0.15) is 0 Å². The molecule has 0 aromatic heterocycles. The first-order chi connectivity index (χ1) is 9.17. The largest absolute Gasteiger partial charge is 0.573 e. The highest BCUT2D eigenvalue weighted by Gasteiger charge is 2.37. The van der Waals surface area contributed by atoms with Gasteiger partial charge in [0.05, 0.1) is 4.47 Å². The van der Waals surface area contributed by atoms with Crippen molar-refractivity contribution in [1.82, 2.24) is 5.32 Å². The van der Waals surface area contributed by atoms with Crippen molar-refractivity contribution in [2.24, 2.45) is 5.92 Å². The lowest BCUT2D eigenvalue weighted by Crippen LogP contribution is -2.40. The van der Waals surface area contributed by atoms with Crippen molar-refractivity contribution < 1.29 is 17.9 Å². The Bertz CT molecular complexity index is 484. The van der Waals surface area contributed by atoms with E-state index in [-0.39, 0.29) is 11.3 Å². The zero-order valence-electron chi connectivity index (χ0n) is 11.4. The number of hydrogen-bond donors (Lipinski definition) is 1.